The molecular weight excluding hydrogens is 126 g/mol. The van der Waals surface area contributed by atoms with Crippen molar-refractivity contribution in [1.29, 1.82) is 0 Å². The van der Waals surface area contributed by atoms with E-state index in [4.69, 9.17) is 5.73 Å². The highest BCUT2D eigenvalue weighted by Crippen LogP contribution is 2.00. The van der Waals surface area contributed by atoms with Crippen molar-refractivity contribution < 1.29 is 0 Å². The van der Waals surface area contributed by atoms with Crippen molar-refractivity contribution in [2.75, 3.05) is 7.05 Å². The van der Waals surface area contributed by atoms with Gasteiger partial charge in [-0.05, 0) is 18.7 Å². The first-order valence-corrected chi connectivity index (χ1v) is 3.37. The van der Waals surface area contributed by atoms with E-state index >= 15 is 0 Å². The van der Waals surface area contributed by atoms with E-state index in [-0.39, 0.29) is 0 Å². The highest BCUT2D eigenvalue weighted by atomic mass is 14.8. The fourth-order valence-electron chi connectivity index (χ4n) is 0.903. The molecule has 1 rings (SSSR count). The van der Waals surface area contributed by atoms with Crippen molar-refractivity contribution in [2.24, 2.45) is 5.73 Å². The van der Waals surface area contributed by atoms with E-state index in [1.54, 1.807) is 0 Å². The van der Waals surface area contributed by atoms with Crippen LogP contribution >= 0.6 is 0 Å². The molecule has 10 heavy (non-hydrogen) atoms. The van der Waals surface area contributed by atoms with Gasteiger partial charge in [-0.3, -0.25) is 0 Å². The third-order valence-electron chi connectivity index (χ3n) is 1.41. The molecule has 0 aliphatic rings. The Bertz CT molecular complexity index is 192. The lowest BCUT2D eigenvalue weighted by atomic mass is 10.3. The smallest absolute Gasteiger partial charge is 0.0354 e. The van der Waals surface area contributed by atoms with Gasteiger partial charge in [-0.1, -0.05) is 0 Å². The van der Waals surface area contributed by atoms with E-state index in [0.717, 1.165) is 12.1 Å². The van der Waals surface area contributed by atoms with E-state index in [1.807, 2.05) is 13.2 Å². The maximum Gasteiger partial charge on any atom is 0.0354 e. The molecule has 0 aliphatic heterocycles. The summed E-state index contributed by atoms with van der Waals surface area (Å²) in [5, 5.41) is 3.05. The van der Waals surface area contributed by atoms with Crippen LogP contribution < -0.4 is 11.1 Å². The van der Waals surface area contributed by atoms with E-state index in [9.17, 15) is 0 Å². The first kappa shape index (κ1) is 7.31. The van der Waals surface area contributed by atoms with Gasteiger partial charge in [-0.15, -0.1) is 0 Å². The molecule has 1 aromatic rings. The Kier molecular flexibility index (Phi) is 2.48. The molecule has 56 valence electrons. The average molecular weight is 139 g/mol. The standard InChI is InChI=1S/C7H13N3/c1-9-5-7-2-6(3-8)4-10-7/h2,4,9-10H,3,5,8H2,1H3. The van der Waals surface area contributed by atoms with E-state index in [1.165, 1.54) is 5.69 Å². The fraction of sp³-hybridized carbons (Fsp3) is 0.429. The summed E-state index contributed by atoms with van der Waals surface area (Å²) in [4.78, 5) is 3.12. The predicted octanol–water partition coefficient (Wildman–Crippen LogP) is 0.193. The third-order valence-corrected chi connectivity index (χ3v) is 1.41. The Labute approximate surface area is 60.6 Å². The van der Waals surface area contributed by atoms with Crippen LogP contribution in [0.5, 0.6) is 0 Å². The molecule has 0 spiro atoms. The van der Waals surface area contributed by atoms with Crippen LogP contribution in [0.3, 0.4) is 0 Å². The largest absolute Gasteiger partial charge is 0.364 e. The second-order valence-electron chi connectivity index (χ2n) is 2.27. The van der Waals surface area contributed by atoms with Gasteiger partial charge in [0, 0.05) is 25.0 Å². The van der Waals surface area contributed by atoms with Crippen molar-refractivity contribution in [3.8, 4) is 0 Å². The maximum absolute atomic E-state index is 5.42. The van der Waals surface area contributed by atoms with Crippen molar-refractivity contribution in [2.45, 2.75) is 13.1 Å². The maximum atomic E-state index is 5.42. The van der Waals surface area contributed by atoms with Gasteiger partial charge in [0.15, 0.2) is 0 Å². The summed E-state index contributed by atoms with van der Waals surface area (Å²) in [6.07, 6.45) is 1.94. The number of aromatic nitrogens is 1. The van der Waals surface area contributed by atoms with E-state index < -0.39 is 0 Å². The number of hydrogen-bond acceptors (Lipinski definition) is 2. The molecule has 1 aromatic heterocycles. The first-order chi connectivity index (χ1) is 4.86. The van der Waals surface area contributed by atoms with Crippen molar-refractivity contribution >= 4 is 0 Å². The Morgan fingerprint density at radius 1 is 1.70 bits per heavy atom. The zero-order chi connectivity index (χ0) is 7.40. The highest BCUT2D eigenvalue weighted by Gasteiger charge is 1.93. The number of aromatic amines is 1. The van der Waals surface area contributed by atoms with Crippen LogP contribution in [-0.4, -0.2) is 12.0 Å². The Morgan fingerprint density at radius 3 is 3.00 bits per heavy atom. The number of nitrogens with two attached hydrogens (primary N) is 1. The predicted molar refractivity (Wildman–Crippen MR) is 41.4 cm³/mol. The molecule has 0 amide bonds. The van der Waals surface area contributed by atoms with Gasteiger partial charge in [-0.2, -0.15) is 0 Å². The van der Waals surface area contributed by atoms with Crippen molar-refractivity contribution in [3.63, 3.8) is 0 Å². The molecule has 0 fully saturated rings. The molecule has 3 heteroatoms. The first-order valence-electron chi connectivity index (χ1n) is 3.37. The molecule has 0 aromatic carbocycles. The third kappa shape index (κ3) is 1.59. The van der Waals surface area contributed by atoms with Crippen molar-refractivity contribution in [3.05, 3.63) is 23.5 Å². The second-order valence-corrected chi connectivity index (χ2v) is 2.27. The van der Waals surface area contributed by atoms with Gasteiger partial charge in [0.2, 0.25) is 0 Å². The van der Waals surface area contributed by atoms with Gasteiger partial charge in [0.25, 0.3) is 0 Å². The minimum absolute atomic E-state index is 0.611. The summed E-state index contributed by atoms with van der Waals surface area (Å²) in [5.41, 5.74) is 7.76. The lowest BCUT2D eigenvalue weighted by Gasteiger charge is -1.91. The molecule has 0 atom stereocenters. The lowest BCUT2D eigenvalue weighted by molar-refractivity contribution is 0.797. The summed E-state index contributed by atoms with van der Waals surface area (Å²) >= 11 is 0. The van der Waals surface area contributed by atoms with Crippen LogP contribution in [0.25, 0.3) is 0 Å². The summed E-state index contributed by atoms with van der Waals surface area (Å²) in [5.74, 6) is 0. The highest BCUT2D eigenvalue weighted by molar-refractivity contribution is 5.15. The molecule has 1 heterocycles. The Hall–Kier alpha value is -0.800. The molecule has 0 saturated heterocycles. The van der Waals surface area contributed by atoms with Crippen LogP contribution in [0.1, 0.15) is 11.3 Å². The Morgan fingerprint density at radius 2 is 2.50 bits per heavy atom. The summed E-state index contributed by atoms with van der Waals surface area (Å²) < 4.78 is 0. The zero-order valence-electron chi connectivity index (χ0n) is 6.15. The summed E-state index contributed by atoms with van der Waals surface area (Å²) in [7, 11) is 1.92. The molecule has 0 radical (unpaired) electrons. The minimum Gasteiger partial charge on any atom is -0.364 e. The SMILES string of the molecule is CNCc1cc(CN)c[nH]1. The monoisotopic (exact) mass is 139 g/mol. The van der Waals surface area contributed by atoms with Crippen LogP contribution in [0, 0.1) is 0 Å². The average Bonchev–Trinajstić information content (AvgIpc) is 2.37. The minimum atomic E-state index is 0.611. The molecule has 3 nitrogen and oxygen atoms in total. The molecule has 0 saturated carbocycles. The van der Waals surface area contributed by atoms with E-state index in [0.29, 0.717) is 6.54 Å². The molecule has 0 aliphatic carbocycles. The number of rotatable bonds is 3. The van der Waals surface area contributed by atoms with Crippen LogP contribution in [-0.2, 0) is 13.1 Å². The second kappa shape index (κ2) is 3.39. The van der Waals surface area contributed by atoms with E-state index in [2.05, 4.69) is 16.4 Å². The molecule has 0 bridgehead atoms. The lowest BCUT2D eigenvalue weighted by Crippen LogP contribution is -2.04. The Balaban J connectivity index is 2.59. The summed E-state index contributed by atoms with van der Waals surface area (Å²) in [6.45, 7) is 1.49. The molecule has 4 N–H and O–H groups in total. The van der Waals surface area contributed by atoms with Gasteiger partial charge in [0.1, 0.15) is 0 Å². The topological polar surface area (TPSA) is 53.8 Å². The van der Waals surface area contributed by atoms with Gasteiger partial charge < -0.3 is 16.0 Å². The van der Waals surface area contributed by atoms with Crippen LogP contribution in [0.2, 0.25) is 0 Å². The number of nitrogens with one attached hydrogen (secondary N) is 2. The quantitative estimate of drug-likeness (QED) is 0.560. The normalized spacial score (nSPS) is 10.2. The number of H-pyrrole nitrogens is 1. The van der Waals surface area contributed by atoms with Gasteiger partial charge >= 0.3 is 0 Å². The zero-order valence-corrected chi connectivity index (χ0v) is 6.15. The van der Waals surface area contributed by atoms with Crippen molar-refractivity contribution in [1.82, 2.24) is 10.3 Å². The van der Waals surface area contributed by atoms with Crippen LogP contribution in [0.4, 0.5) is 0 Å². The molecular formula is C7H13N3. The van der Waals surface area contributed by atoms with Crippen LogP contribution in [0.15, 0.2) is 12.3 Å². The van der Waals surface area contributed by atoms with Gasteiger partial charge in [0.05, 0.1) is 0 Å². The summed E-state index contributed by atoms with van der Waals surface area (Å²) in [6, 6.07) is 2.07. The molecule has 0 unspecified atom stereocenters. The number of hydrogen-bond donors (Lipinski definition) is 3. The fourth-order valence-corrected chi connectivity index (χ4v) is 0.903. The van der Waals surface area contributed by atoms with Gasteiger partial charge in [-0.25, -0.2) is 0 Å².